The lowest BCUT2D eigenvalue weighted by Crippen LogP contribution is -2.54. The van der Waals surface area contributed by atoms with Crippen molar-refractivity contribution < 1.29 is 28.4 Å². The predicted molar refractivity (Wildman–Crippen MR) is 128 cm³/mol. The molecule has 2 fully saturated rings. The number of imide groups is 2. The summed E-state index contributed by atoms with van der Waals surface area (Å²) < 4.78 is 16.9. The van der Waals surface area contributed by atoms with Gasteiger partial charge in [0.15, 0.2) is 0 Å². The summed E-state index contributed by atoms with van der Waals surface area (Å²) in [5.74, 6) is -2.99. The third kappa shape index (κ3) is 4.47. The Morgan fingerprint density at radius 2 is 1.76 bits per heavy atom. The molecular formula is C25H27FN6O5. The molecule has 0 aliphatic carbocycles. The molecule has 3 aliphatic heterocycles. The van der Waals surface area contributed by atoms with Gasteiger partial charge >= 0.3 is 0 Å². The highest BCUT2D eigenvalue weighted by Gasteiger charge is 2.45. The molecule has 5 amide bonds. The van der Waals surface area contributed by atoms with E-state index >= 15 is 4.39 Å². The fraction of sp³-hybridized carbons (Fsp3) is 0.440. The second-order valence-electron chi connectivity index (χ2n) is 9.88. The summed E-state index contributed by atoms with van der Waals surface area (Å²) in [5, 5.41) is 6.44. The van der Waals surface area contributed by atoms with Gasteiger partial charge in [-0.3, -0.25) is 38.9 Å². The third-order valence-electron chi connectivity index (χ3n) is 7.19. The first-order chi connectivity index (χ1) is 17.6. The highest BCUT2D eigenvalue weighted by molar-refractivity contribution is 6.23. The summed E-state index contributed by atoms with van der Waals surface area (Å²) in [5.41, 5.74) is 0.741. The topological polar surface area (TPSA) is 125 Å². The van der Waals surface area contributed by atoms with Gasteiger partial charge in [-0.15, -0.1) is 0 Å². The molecule has 1 aromatic heterocycles. The Morgan fingerprint density at radius 3 is 2.41 bits per heavy atom. The summed E-state index contributed by atoms with van der Waals surface area (Å²) in [7, 11) is 3.37. The van der Waals surface area contributed by atoms with Crippen LogP contribution in [0.25, 0.3) is 0 Å². The molecule has 1 N–H and O–H groups in total. The van der Waals surface area contributed by atoms with Crippen molar-refractivity contribution in [3.05, 3.63) is 47.0 Å². The molecule has 1 aromatic carbocycles. The number of amides is 5. The Morgan fingerprint density at radius 1 is 1.08 bits per heavy atom. The molecule has 1 unspecified atom stereocenters. The van der Waals surface area contributed by atoms with Gasteiger partial charge in [-0.2, -0.15) is 5.10 Å². The number of rotatable bonds is 5. The summed E-state index contributed by atoms with van der Waals surface area (Å²) in [6.07, 6.45) is 4.84. The molecule has 194 valence electrons. The standard InChI is InChI=1S/C25H27FN6O5/c1-29(2)23(35)15-11-27-31(13-15)12-14-5-7-30(8-6-14)20-10-17-16(9-18(20)26)24(36)32(25(17)37)19-3-4-21(33)28-22(19)34/h9-11,13-14,19H,3-8,12H2,1-2H3,(H,28,33,34). The Bertz CT molecular complexity index is 1310. The zero-order valence-electron chi connectivity index (χ0n) is 20.6. The van der Waals surface area contributed by atoms with E-state index in [4.69, 9.17) is 0 Å². The highest BCUT2D eigenvalue weighted by Crippen LogP contribution is 2.34. The first kappa shape index (κ1) is 24.6. The molecule has 1 atom stereocenters. The lowest BCUT2D eigenvalue weighted by molar-refractivity contribution is -0.136. The van der Waals surface area contributed by atoms with Crippen molar-refractivity contribution in [3.63, 3.8) is 0 Å². The van der Waals surface area contributed by atoms with Gasteiger partial charge in [0.2, 0.25) is 11.8 Å². The molecule has 3 aliphatic rings. The van der Waals surface area contributed by atoms with Crippen LogP contribution in [-0.2, 0) is 16.1 Å². The quantitative estimate of drug-likeness (QED) is 0.596. The van der Waals surface area contributed by atoms with E-state index < -0.39 is 35.5 Å². The van der Waals surface area contributed by atoms with Crippen molar-refractivity contribution in [2.75, 3.05) is 32.1 Å². The minimum Gasteiger partial charge on any atom is -0.369 e. The van der Waals surface area contributed by atoms with Crippen molar-refractivity contribution >= 4 is 35.2 Å². The van der Waals surface area contributed by atoms with Crippen molar-refractivity contribution in [3.8, 4) is 0 Å². The van der Waals surface area contributed by atoms with E-state index in [1.54, 1.807) is 31.2 Å². The Balaban J connectivity index is 1.26. The maximum Gasteiger partial charge on any atom is 0.262 e. The number of nitrogens with zero attached hydrogens (tertiary/aromatic N) is 5. The van der Waals surface area contributed by atoms with Crippen molar-refractivity contribution in [1.82, 2.24) is 24.9 Å². The minimum atomic E-state index is -1.09. The summed E-state index contributed by atoms with van der Waals surface area (Å²) in [6, 6.07) is 1.36. The van der Waals surface area contributed by atoms with Gasteiger partial charge in [-0.25, -0.2) is 4.39 Å². The number of carbonyl (C=O) groups excluding carboxylic acids is 5. The average molecular weight is 511 g/mol. The molecule has 11 nitrogen and oxygen atoms in total. The van der Waals surface area contributed by atoms with Crippen LogP contribution in [0.15, 0.2) is 24.5 Å². The van der Waals surface area contributed by atoms with Crippen LogP contribution >= 0.6 is 0 Å². The number of fused-ring (bicyclic) bond motifs is 1. The summed E-state index contributed by atoms with van der Waals surface area (Å²) >= 11 is 0. The highest BCUT2D eigenvalue weighted by atomic mass is 19.1. The van der Waals surface area contributed by atoms with Crippen LogP contribution in [0.4, 0.5) is 10.1 Å². The second kappa shape index (κ2) is 9.41. The van der Waals surface area contributed by atoms with Gasteiger partial charge in [0.25, 0.3) is 17.7 Å². The number of nitrogens with one attached hydrogen (secondary N) is 1. The van der Waals surface area contributed by atoms with Crippen molar-refractivity contribution in [2.24, 2.45) is 5.92 Å². The van der Waals surface area contributed by atoms with E-state index in [-0.39, 0.29) is 41.5 Å². The number of carbonyl (C=O) groups is 5. The number of anilines is 1. The lowest BCUT2D eigenvalue weighted by atomic mass is 9.96. The third-order valence-corrected chi connectivity index (χ3v) is 7.19. The maximum absolute atomic E-state index is 15.1. The number of halogens is 1. The van der Waals surface area contributed by atoms with E-state index in [0.29, 0.717) is 25.2 Å². The van der Waals surface area contributed by atoms with E-state index in [1.165, 1.54) is 11.0 Å². The van der Waals surface area contributed by atoms with Crippen molar-refractivity contribution in [1.29, 1.82) is 0 Å². The van der Waals surface area contributed by atoms with Gasteiger partial charge in [0.1, 0.15) is 11.9 Å². The molecule has 0 saturated carbocycles. The van der Waals surface area contributed by atoms with E-state index in [9.17, 15) is 24.0 Å². The van der Waals surface area contributed by atoms with Crippen LogP contribution in [0, 0.1) is 11.7 Å². The van der Waals surface area contributed by atoms with Crippen LogP contribution in [-0.4, -0.2) is 82.3 Å². The van der Waals surface area contributed by atoms with Gasteiger partial charge in [-0.05, 0) is 37.3 Å². The molecule has 2 aromatic rings. The molecule has 4 heterocycles. The number of hydrogen-bond donors (Lipinski definition) is 1. The summed E-state index contributed by atoms with van der Waals surface area (Å²) in [4.78, 5) is 66.0. The van der Waals surface area contributed by atoms with E-state index in [1.807, 2.05) is 4.90 Å². The van der Waals surface area contributed by atoms with E-state index in [2.05, 4.69) is 10.4 Å². The second-order valence-corrected chi connectivity index (χ2v) is 9.88. The minimum absolute atomic E-state index is 0.0180. The molecule has 12 heteroatoms. The van der Waals surface area contributed by atoms with Crippen LogP contribution in [0.2, 0.25) is 0 Å². The van der Waals surface area contributed by atoms with Gasteiger partial charge in [0, 0.05) is 46.3 Å². The number of hydrogen-bond acceptors (Lipinski definition) is 7. The van der Waals surface area contributed by atoms with Crippen LogP contribution in [0.5, 0.6) is 0 Å². The van der Waals surface area contributed by atoms with E-state index in [0.717, 1.165) is 23.8 Å². The molecular weight excluding hydrogens is 483 g/mol. The number of benzene rings is 1. The molecule has 0 spiro atoms. The fourth-order valence-electron chi connectivity index (χ4n) is 5.17. The number of piperidine rings is 2. The molecule has 0 radical (unpaired) electrons. The van der Waals surface area contributed by atoms with Gasteiger partial charge < -0.3 is 9.80 Å². The van der Waals surface area contributed by atoms with Crippen LogP contribution in [0.1, 0.15) is 56.8 Å². The summed E-state index contributed by atoms with van der Waals surface area (Å²) in [6.45, 7) is 1.73. The monoisotopic (exact) mass is 510 g/mol. The molecule has 37 heavy (non-hydrogen) atoms. The first-order valence-corrected chi connectivity index (χ1v) is 12.2. The maximum atomic E-state index is 15.1. The first-order valence-electron chi connectivity index (χ1n) is 12.2. The lowest BCUT2D eigenvalue weighted by Gasteiger charge is -2.34. The fourth-order valence-corrected chi connectivity index (χ4v) is 5.17. The predicted octanol–water partition coefficient (Wildman–Crippen LogP) is 1.04. The SMILES string of the molecule is CN(C)C(=O)c1cnn(CC2CCN(c3cc4c(cc3F)C(=O)N(C3CCC(=O)NC3=O)C4=O)CC2)c1. The zero-order chi connectivity index (χ0) is 26.4. The normalized spacial score (nSPS) is 20.4. The Labute approximate surface area is 212 Å². The largest absolute Gasteiger partial charge is 0.369 e. The van der Waals surface area contributed by atoms with Crippen LogP contribution < -0.4 is 10.2 Å². The van der Waals surface area contributed by atoms with Crippen molar-refractivity contribution in [2.45, 2.75) is 38.3 Å². The Hall–Kier alpha value is -4.09. The van der Waals surface area contributed by atoms with Gasteiger partial charge in [-0.1, -0.05) is 0 Å². The molecule has 5 rings (SSSR count). The Kier molecular flexibility index (Phi) is 6.26. The van der Waals surface area contributed by atoms with Gasteiger partial charge in [0.05, 0.1) is 28.6 Å². The average Bonchev–Trinajstić information content (AvgIpc) is 3.41. The molecule has 0 bridgehead atoms. The number of aromatic nitrogens is 2. The van der Waals surface area contributed by atoms with Crippen LogP contribution in [0.3, 0.4) is 0 Å². The zero-order valence-corrected chi connectivity index (χ0v) is 20.6. The smallest absolute Gasteiger partial charge is 0.262 e. The molecule has 2 saturated heterocycles.